The summed E-state index contributed by atoms with van der Waals surface area (Å²) in [7, 11) is 0. The fourth-order valence-corrected chi connectivity index (χ4v) is 8.68. The van der Waals surface area contributed by atoms with Crippen LogP contribution >= 0.6 is 0 Å². The largest absolute Gasteiger partial charge is 0.455 e. The van der Waals surface area contributed by atoms with Gasteiger partial charge in [-0.15, -0.1) is 0 Å². The van der Waals surface area contributed by atoms with Crippen LogP contribution in [0.5, 0.6) is 0 Å². The summed E-state index contributed by atoms with van der Waals surface area (Å²) in [6.07, 6.45) is 0. The van der Waals surface area contributed by atoms with E-state index in [2.05, 4.69) is 188 Å². The summed E-state index contributed by atoms with van der Waals surface area (Å²) >= 11 is 0. The Bertz CT molecular complexity index is 3180. The third-order valence-electron chi connectivity index (χ3n) is 11.1. The first-order valence-corrected chi connectivity index (χ1v) is 18.3. The molecule has 0 aliphatic carbocycles. The maximum Gasteiger partial charge on any atom is 0.143 e. The monoisotopic (exact) mass is 672 g/mol. The van der Waals surface area contributed by atoms with Crippen LogP contribution in [0.2, 0.25) is 0 Å². The summed E-state index contributed by atoms with van der Waals surface area (Å²) in [6.45, 7) is 0. The number of hydrogen-bond donors (Lipinski definition) is 0. The van der Waals surface area contributed by atoms with E-state index in [1.54, 1.807) is 0 Å². The number of para-hydroxylation sites is 2. The highest BCUT2D eigenvalue weighted by Gasteiger charge is 2.19. The van der Waals surface area contributed by atoms with Gasteiger partial charge in [-0.25, -0.2) is 0 Å². The minimum absolute atomic E-state index is 0.915. The van der Waals surface area contributed by atoms with Gasteiger partial charge < -0.3 is 4.42 Å². The zero-order chi connectivity index (χ0) is 34.9. The van der Waals surface area contributed by atoms with Crippen molar-refractivity contribution in [2.75, 3.05) is 0 Å². The molecular weight excluding hydrogens is 641 g/mol. The highest BCUT2D eigenvalue weighted by Crippen LogP contribution is 2.46. The molecule has 10 aromatic carbocycles. The molecule has 0 radical (unpaired) electrons. The molecule has 0 bridgehead atoms. The van der Waals surface area contributed by atoms with E-state index in [4.69, 9.17) is 4.42 Å². The predicted octanol–water partition coefficient (Wildman–Crippen LogP) is 14.9. The average molecular weight is 673 g/mol. The normalized spacial score (nSPS) is 11.8. The summed E-state index contributed by atoms with van der Waals surface area (Å²) < 4.78 is 6.49. The lowest BCUT2D eigenvalue weighted by Gasteiger charge is -2.19. The second-order valence-corrected chi connectivity index (χ2v) is 14.0. The van der Waals surface area contributed by atoms with Crippen molar-refractivity contribution in [1.29, 1.82) is 0 Å². The second kappa shape index (κ2) is 11.8. The molecule has 53 heavy (non-hydrogen) atoms. The molecule has 0 saturated heterocycles. The van der Waals surface area contributed by atoms with Gasteiger partial charge >= 0.3 is 0 Å². The van der Waals surface area contributed by atoms with Gasteiger partial charge in [-0.2, -0.15) is 0 Å². The van der Waals surface area contributed by atoms with Crippen molar-refractivity contribution in [3.05, 3.63) is 194 Å². The Balaban J connectivity index is 1.11. The van der Waals surface area contributed by atoms with Gasteiger partial charge in [0.25, 0.3) is 0 Å². The molecule has 11 rings (SSSR count). The molecule has 0 saturated carbocycles. The zero-order valence-corrected chi connectivity index (χ0v) is 28.9. The Hall–Kier alpha value is -6.96. The van der Waals surface area contributed by atoms with E-state index in [1.807, 2.05) is 6.07 Å². The van der Waals surface area contributed by atoms with Crippen LogP contribution in [0.25, 0.3) is 110 Å². The van der Waals surface area contributed by atoms with Crippen molar-refractivity contribution in [3.8, 4) is 44.5 Å². The maximum atomic E-state index is 6.49. The standard InChI is InChI=1S/C52H32O/c1-2-14-34-31-37(28-27-33(34)13-1)51-45-22-7-5-20-43(45)50(44-21-6-8-23-46(44)51)36-16-11-15-35(32-36)38-29-30-41(40-18-4-3-17-39(38)40)47-24-12-25-48-42-19-9-10-26-49(42)53-52(47)48/h1-32H. The van der Waals surface area contributed by atoms with E-state index in [0.717, 1.165) is 27.5 Å². The molecule has 1 heteroatoms. The quantitative estimate of drug-likeness (QED) is 0.170. The number of rotatable bonds is 4. The van der Waals surface area contributed by atoms with Crippen molar-refractivity contribution >= 4 is 65.0 Å². The van der Waals surface area contributed by atoms with Crippen molar-refractivity contribution in [2.24, 2.45) is 0 Å². The molecule has 1 aromatic heterocycles. The molecule has 11 aromatic rings. The molecule has 0 amide bonds. The van der Waals surface area contributed by atoms with Crippen LogP contribution in [0.3, 0.4) is 0 Å². The van der Waals surface area contributed by atoms with E-state index < -0.39 is 0 Å². The summed E-state index contributed by atoms with van der Waals surface area (Å²) in [6, 6.07) is 70.6. The first-order chi connectivity index (χ1) is 26.3. The van der Waals surface area contributed by atoms with Crippen LogP contribution in [-0.4, -0.2) is 0 Å². The lowest BCUT2D eigenvalue weighted by atomic mass is 9.84. The minimum Gasteiger partial charge on any atom is -0.455 e. The van der Waals surface area contributed by atoms with Crippen LogP contribution < -0.4 is 0 Å². The highest BCUT2D eigenvalue weighted by atomic mass is 16.3. The molecule has 0 unspecified atom stereocenters. The highest BCUT2D eigenvalue weighted by molar-refractivity contribution is 6.22. The van der Waals surface area contributed by atoms with Crippen molar-refractivity contribution in [3.63, 3.8) is 0 Å². The summed E-state index contributed by atoms with van der Waals surface area (Å²) in [5.74, 6) is 0. The van der Waals surface area contributed by atoms with Gasteiger partial charge in [0.2, 0.25) is 0 Å². The maximum absolute atomic E-state index is 6.49. The number of fused-ring (bicyclic) bond motifs is 7. The zero-order valence-electron chi connectivity index (χ0n) is 28.9. The fourth-order valence-electron chi connectivity index (χ4n) is 8.68. The lowest BCUT2D eigenvalue weighted by molar-refractivity contribution is 0.670. The van der Waals surface area contributed by atoms with E-state index in [-0.39, 0.29) is 0 Å². The van der Waals surface area contributed by atoms with Crippen molar-refractivity contribution in [1.82, 2.24) is 0 Å². The smallest absolute Gasteiger partial charge is 0.143 e. The molecule has 0 aliphatic heterocycles. The minimum atomic E-state index is 0.915. The van der Waals surface area contributed by atoms with Crippen molar-refractivity contribution < 1.29 is 4.42 Å². The van der Waals surface area contributed by atoms with E-state index in [1.165, 1.54) is 82.0 Å². The molecule has 246 valence electrons. The first kappa shape index (κ1) is 29.7. The Kier molecular flexibility index (Phi) is 6.62. The molecule has 0 N–H and O–H groups in total. The predicted molar refractivity (Wildman–Crippen MR) is 225 cm³/mol. The number of hydrogen-bond acceptors (Lipinski definition) is 1. The van der Waals surface area contributed by atoms with Crippen LogP contribution in [0.1, 0.15) is 0 Å². The number of furan rings is 1. The lowest BCUT2D eigenvalue weighted by Crippen LogP contribution is -1.91. The van der Waals surface area contributed by atoms with Crippen LogP contribution in [0.15, 0.2) is 199 Å². The van der Waals surface area contributed by atoms with Gasteiger partial charge in [0.15, 0.2) is 0 Å². The fraction of sp³-hybridized carbons (Fsp3) is 0. The Morgan fingerprint density at radius 2 is 0.774 bits per heavy atom. The van der Waals surface area contributed by atoms with Gasteiger partial charge in [0, 0.05) is 16.3 Å². The third kappa shape index (κ3) is 4.64. The van der Waals surface area contributed by atoms with Gasteiger partial charge in [-0.05, 0) is 100 Å². The molecular formula is C52H32O. The molecule has 1 heterocycles. The summed E-state index contributed by atoms with van der Waals surface area (Å²) in [4.78, 5) is 0. The van der Waals surface area contributed by atoms with E-state index >= 15 is 0 Å². The molecule has 1 nitrogen and oxygen atoms in total. The van der Waals surface area contributed by atoms with Crippen LogP contribution in [0, 0.1) is 0 Å². The summed E-state index contributed by atoms with van der Waals surface area (Å²) in [5, 5.41) is 12.3. The Labute approximate surface area is 307 Å². The second-order valence-electron chi connectivity index (χ2n) is 14.0. The summed E-state index contributed by atoms with van der Waals surface area (Å²) in [5.41, 5.74) is 11.5. The average Bonchev–Trinajstić information content (AvgIpc) is 3.61. The molecule has 0 fully saturated rings. The topological polar surface area (TPSA) is 13.1 Å². The van der Waals surface area contributed by atoms with Gasteiger partial charge in [0.05, 0.1) is 0 Å². The first-order valence-electron chi connectivity index (χ1n) is 18.3. The molecule has 0 aliphatic rings. The van der Waals surface area contributed by atoms with E-state index in [0.29, 0.717) is 0 Å². The number of benzene rings is 10. The third-order valence-corrected chi connectivity index (χ3v) is 11.1. The van der Waals surface area contributed by atoms with E-state index in [9.17, 15) is 0 Å². The SMILES string of the molecule is c1cc(-c2ccc(-c3cccc4c3oc3ccccc34)c3ccccc23)cc(-c2c3ccccc3c(-c3ccc4ccccc4c3)c3ccccc23)c1. The molecule has 0 spiro atoms. The van der Waals surface area contributed by atoms with Gasteiger partial charge in [-0.3, -0.25) is 0 Å². The van der Waals surface area contributed by atoms with Crippen molar-refractivity contribution in [2.45, 2.75) is 0 Å². The molecule has 0 atom stereocenters. The van der Waals surface area contributed by atoms with Crippen LogP contribution in [0.4, 0.5) is 0 Å². The van der Waals surface area contributed by atoms with Crippen LogP contribution in [-0.2, 0) is 0 Å². The Morgan fingerprint density at radius 1 is 0.264 bits per heavy atom. The van der Waals surface area contributed by atoms with Gasteiger partial charge in [-0.1, -0.05) is 176 Å². The van der Waals surface area contributed by atoms with Gasteiger partial charge in [0.1, 0.15) is 11.2 Å². The Morgan fingerprint density at radius 3 is 1.49 bits per heavy atom.